The first-order valence-corrected chi connectivity index (χ1v) is 13.2. The zero-order valence-corrected chi connectivity index (χ0v) is 22.5. The Labute approximate surface area is 223 Å². The van der Waals surface area contributed by atoms with Gasteiger partial charge in [0.15, 0.2) is 0 Å². The van der Waals surface area contributed by atoms with Crippen LogP contribution in [0, 0.1) is 16.7 Å². The van der Waals surface area contributed by atoms with E-state index in [1.165, 1.54) is 6.42 Å². The van der Waals surface area contributed by atoms with Gasteiger partial charge in [-0.1, -0.05) is 32.9 Å². The summed E-state index contributed by atoms with van der Waals surface area (Å²) in [5.74, 6) is 0.688. The van der Waals surface area contributed by atoms with E-state index < -0.39 is 6.09 Å². The summed E-state index contributed by atoms with van der Waals surface area (Å²) in [6.45, 7) is 9.21. The topological polar surface area (TPSA) is 94.7 Å². The molecule has 1 unspecified atom stereocenters. The van der Waals surface area contributed by atoms with Crippen molar-refractivity contribution in [3.8, 4) is 23.1 Å². The van der Waals surface area contributed by atoms with Crippen LogP contribution in [-0.2, 0) is 14.2 Å². The van der Waals surface area contributed by atoms with Crippen molar-refractivity contribution in [2.45, 2.75) is 65.2 Å². The van der Waals surface area contributed by atoms with Crippen LogP contribution < -0.4 is 10.1 Å². The van der Waals surface area contributed by atoms with E-state index in [1.807, 2.05) is 70.2 Å². The highest BCUT2D eigenvalue weighted by Crippen LogP contribution is 2.43. The lowest BCUT2D eigenvalue weighted by atomic mass is 9.90. The minimum absolute atomic E-state index is 0.146. The molecule has 1 amide bonds. The molecule has 1 saturated carbocycles. The SMILES string of the molecule is CC(OC(=O)Nc1ccc(-c2c(C#N)c3cc(OC4COCOC4)ccc3n2C2CCC2)cc1)C(C)(C)C. The maximum absolute atomic E-state index is 12.4. The number of carbonyl (C=O) groups excluding carboxylic acids is 1. The summed E-state index contributed by atoms with van der Waals surface area (Å²) in [4.78, 5) is 12.4. The molecule has 0 radical (unpaired) electrons. The van der Waals surface area contributed by atoms with Gasteiger partial charge in [-0.25, -0.2) is 4.79 Å². The van der Waals surface area contributed by atoms with Gasteiger partial charge in [0.2, 0.25) is 0 Å². The fourth-order valence-electron chi connectivity index (χ4n) is 4.71. The number of hydrogen-bond acceptors (Lipinski definition) is 6. The Morgan fingerprint density at radius 3 is 2.45 bits per heavy atom. The molecular weight excluding hydrogens is 482 g/mol. The van der Waals surface area contributed by atoms with Gasteiger partial charge >= 0.3 is 6.09 Å². The predicted octanol–water partition coefficient (Wildman–Crippen LogP) is 6.64. The second kappa shape index (κ2) is 10.7. The van der Waals surface area contributed by atoms with Gasteiger partial charge < -0.3 is 23.5 Å². The third-order valence-electron chi connectivity index (χ3n) is 7.51. The van der Waals surface area contributed by atoms with Crippen LogP contribution >= 0.6 is 0 Å². The molecule has 5 rings (SSSR count). The van der Waals surface area contributed by atoms with Crippen molar-refractivity contribution >= 4 is 22.7 Å². The quantitative estimate of drug-likeness (QED) is 0.394. The number of aromatic nitrogens is 1. The van der Waals surface area contributed by atoms with Crippen LogP contribution in [0.5, 0.6) is 5.75 Å². The lowest BCUT2D eigenvalue weighted by molar-refractivity contribution is -0.143. The van der Waals surface area contributed by atoms with E-state index in [2.05, 4.69) is 16.0 Å². The molecule has 2 aromatic carbocycles. The van der Waals surface area contributed by atoms with Crippen molar-refractivity contribution in [3.05, 3.63) is 48.0 Å². The minimum Gasteiger partial charge on any atom is -0.486 e. The molecule has 200 valence electrons. The normalized spacial score (nSPS) is 17.4. The molecule has 1 aliphatic heterocycles. The zero-order valence-electron chi connectivity index (χ0n) is 22.5. The molecular formula is C30H35N3O5. The van der Waals surface area contributed by atoms with Gasteiger partial charge in [0.05, 0.1) is 30.0 Å². The van der Waals surface area contributed by atoms with Gasteiger partial charge in [0.25, 0.3) is 0 Å². The van der Waals surface area contributed by atoms with E-state index >= 15 is 0 Å². The highest BCUT2D eigenvalue weighted by atomic mass is 16.7. The van der Waals surface area contributed by atoms with E-state index in [9.17, 15) is 10.1 Å². The molecule has 0 spiro atoms. The minimum atomic E-state index is -0.484. The summed E-state index contributed by atoms with van der Waals surface area (Å²) in [5, 5.41) is 14.0. The third kappa shape index (κ3) is 5.35. The van der Waals surface area contributed by atoms with Gasteiger partial charge in [-0.05, 0) is 67.5 Å². The summed E-state index contributed by atoms with van der Waals surface area (Å²) in [7, 11) is 0. The fourth-order valence-corrected chi connectivity index (χ4v) is 4.71. The number of ether oxygens (including phenoxy) is 4. The van der Waals surface area contributed by atoms with Gasteiger partial charge in [0.1, 0.15) is 30.8 Å². The largest absolute Gasteiger partial charge is 0.486 e. The predicted molar refractivity (Wildman–Crippen MR) is 145 cm³/mol. The number of amides is 1. The maximum Gasteiger partial charge on any atom is 0.411 e. The Morgan fingerprint density at radius 1 is 1.13 bits per heavy atom. The summed E-state index contributed by atoms with van der Waals surface area (Å²) in [6.07, 6.45) is 2.43. The van der Waals surface area contributed by atoms with Crippen LogP contribution in [0.3, 0.4) is 0 Å². The van der Waals surface area contributed by atoms with E-state index in [4.69, 9.17) is 18.9 Å². The molecule has 8 heteroatoms. The Morgan fingerprint density at radius 2 is 1.84 bits per heavy atom. The molecule has 38 heavy (non-hydrogen) atoms. The second-order valence-electron chi connectivity index (χ2n) is 11.2. The van der Waals surface area contributed by atoms with Gasteiger partial charge in [-0.2, -0.15) is 5.26 Å². The van der Waals surface area contributed by atoms with E-state index in [0.717, 1.165) is 35.0 Å². The summed E-state index contributed by atoms with van der Waals surface area (Å²) < 4.78 is 24.6. The standard InChI is InChI=1S/C30H35N3O5/c1-19(30(2,3)4)37-29(34)32-21-10-8-20(9-11-21)28-26(15-31)25-14-23(38-24-16-35-18-36-17-24)12-13-27(25)33(28)22-6-5-7-22/h8-14,19,22,24H,5-7,16-18H2,1-4H3,(H,32,34). The summed E-state index contributed by atoms with van der Waals surface area (Å²) in [6, 6.07) is 16.3. The molecule has 1 N–H and O–H groups in total. The Hall–Kier alpha value is -3.54. The molecule has 2 heterocycles. The Balaban J connectivity index is 1.45. The van der Waals surface area contributed by atoms with Gasteiger partial charge in [-0.15, -0.1) is 0 Å². The Kier molecular flexibility index (Phi) is 7.33. The summed E-state index contributed by atoms with van der Waals surface area (Å²) >= 11 is 0. The first-order valence-electron chi connectivity index (χ1n) is 13.2. The number of benzene rings is 2. The number of carbonyl (C=O) groups is 1. The Bertz CT molecular complexity index is 1340. The lowest BCUT2D eigenvalue weighted by Gasteiger charge is -2.30. The number of rotatable bonds is 6. The lowest BCUT2D eigenvalue weighted by Crippen LogP contribution is -2.33. The smallest absolute Gasteiger partial charge is 0.411 e. The van der Waals surface area contributed by atoms with Gasteiger partial charge in [0, 0.05) is 17.1 Å². The average molecular weight is 518 g/mol. The molecule has 8 nitrogen and oxygen atoms in total. The van der Waals surface area contributed by atoms with Crippen LogP contribution in [0.15, 0.2) is 42.5 Å². The molecule has 2 fully saturated rings. The molecule has 1 aromatic heterocycles. The zero-order chi connectivity index (χ0) is 26.9. The third-order valence-corrected chi connectivity index (χ3v) is 7.51. The molecule has 2 aliphatic rings. The van der Waals surface area contributed by atoms with Crippen molar-refractivity contribution in [1.29, 1.82) is 5.26 Å². The monoisotopic (exact) mass is 517 g/mol. The maximum atomic E-state index is 12.4. The van der Waals surface area contributed by atoms with Crippen LogP contribution in [0.25, 0.3) is 22.2 Å². The molecule has 1 aliphatic carbocycles. The molecule has 1 saturated heterocycles. The average Bonchev–Trinajstić information content (AvgIpc) is 3.16. The van der Waals surface area contributed by atoms with Crippen LogP contribution in [-0.4, -0.2) is 42.9 Å². The number of fused-ring (bicyclic) bond motifs is 1. The number of nitrogens with one attached hydrogen (secondary N) is 1. The van der Waals surface area contributed by atoms with Crippen molar-refractivity contribution in [3.63, 3.8) is 0 Å². The number of nitriles is 1. The van der Waals surface area contributed by atoms with Crippen LogP contribution in [0.4, 0.5) is 10.5 Å². The molecule has 1 atom stereocenters. The first-order chi connectivity index (χ1) is 18.2. The number of anilines is 1. The van der Waals surface area contributed by atoms with Crippen molar-refractivity contribution in [1.82, 2.24) is 4.57 Å². The fraction of sp³-hybridized carbons (Fsp3) is 0.467. The van der Waals surface area contributed by atoms with Crippen molar-refractivity contribution in [2.75, 3.05) is 25.3 Å². The molecule has 0 bridgehead atoms. The van der Waals surface area contributed by atoms with Gasteiger partial charge in [-0.3, -0.25) is 5.32 Å². The molecule has 3 aromatic rings. The van der Waals surface area contributed by atoms with E-state index in [-0.39, 0.29) is 24.4 Å². The van der Waals surface area contributed by atoms with Crippen molar-refractivity contribution < 1.29 is 23.7 Å². The highest BCUT2D eigenvalue weighted by Gasteiger charge is 2.28. The summed E-state index contributed by atoms with van der Waals surface area (Å²) in [5.41, 5.74) is 3.94. The van der Waals surface area contributed by atoms with Crippen LogP contribution in [0.1, 0.15) is 58.6 Å². The second-order valence-corrected chi connectivity index (χ2v) is 11.2. The number of hydrogen-bond donors (Lipinski definition) is 1. The highest BCUT2D eigenvalue weighted by molar-refractivity contribution is 5.96. The van der Waals surface area contributed by atoms with E-state index in [0.29, 0.717) is 36.3 Å². The van der Waals surface area contributed by atoms with Crippen LogP contribution in [0.2, 0.25) is 0 Å². The first kappa shape index (κ1) is 26.1. The van der Waals surface area contributed by atoms with Crippen molar-refractivity contribution in [2.24, 2.45) is 5.41 Å². The number of nitrogens with zero attached hydrogens (tertiary/aromatic N) is 2. The van der Waals surface area contributed by atoms with E-state index in [1.54, 1.807) is 0 Å².